The van der Waals surface area contributed by atoms with Crippen LogP contribution >= 0.6 is 0 Å². The minimum Gasteiger partial charge on any atom is -0.376 e. The van der Waals surface area contributed by atoms with Crippen LogP contribution in [0.1, 0.15) is 0 Å². The highest BCUT2D eigenvalue weighted by Gasteiger charge is 1.98. The molecule has 0 fully saturated rings. The Morgan fingerprint density at radius 3 is 2.89 bits per heavy atom. The van der Waals surface area contributed by atoms with E-state index in [1.165, 1.54) is 7.11 Å². The van der Waals surface area contributed by atoms with Crippen LogP contribution in [-0.4, -0.2) is 31.7 Å². The fourth-order valence-electron chi connectivity index (χ4n) is 0.280. The van der Waals surface area contributed by atoms with E-state index in [9.17, 15) is 0 Å². The maximum atomic E-state index is 8.54. The second-order valence-electron chi connectivity index (χ2n) is 1.42. The lowest BCUT2D eigenvalue weighted by molar-refractivity contribution is -0.0515. The molecule has 0 amide bonds. The normalized spacial score (nSPS) is 12.6. The summed E-state index contributed by atoms with van der Waals surface area (Å²) in [4.78, 5) is 0. The van der Waals surface area contributed by atoms with Gasteiger partial charge in [0.05, 0.1) is 12.7 Å². The molecule has 1 N–H and O–H groups in total. The lowest BCUT2D eigenvalue weighted by Crippen LogP contribution is -2.13. The summed E-state index contributed by atoms with van der Waals surface area (Å²) in [5.74, 6) is 0. The van der Waals surface area contributed by atoms with Crippen molar-refractivity contribution in [1.29, 1.82) is 5.26 Å². The summed E-state index contributed by atoms with van der Waals surface area (Å²) in [6, 6.07) is 1.60. The largest absolute Gasteiger partial charge is 0.376 e. The van der Waals surface area contributed by atoms with Crippen molar-refractivity contribution in [2.24, 2.45) is 0 Å². The van der Waals surface area contributed by atoms with Crippen LogP contribution in [0.15, 0.2) is 0 Å². The molecule has 0 saturated carbocycles. The Morgan fingerprint density at radius 1 is 1.78 bits per heavy atom. The first-order valence-corrected chi connectivity index (χ1v) is 2.45. The zero-order valence-corrected chi connectivity index (χ0v) is 5.20. The SMILES string of the molecule is COCOC[C@@H](O)C#N. The Labute approximate surface area is 53.6 Å². The van der Waals surface area contributed by atoms with E-state index in [1.807, 2.05) is 0 Å². The van der Waals surface area contributed by atoms with Crippen molar-refractivity contribution in [1.82, 2.24) is 0 Å². The summed E-state index contributed by atoms with van der Waals surface area (Å²) < 4.78 is 9.13. The van der Waals surface area contributed by atoms with Gasteiger partial charge < -0.3 is 14.6 Å². The van der Waals surface area contributed by atoms with Gasteiger partial charge in [0.25, 0.3) is 0 Å². The van der Waals surface area contributed by atoms with E-state index in [2.05, 4.69) is 9.47 Å². The molecule has 0 bridgehead atoms. The summed E-state index contributed by atoms with van der Waals surface area (Å²) in [7, 11) is 1.47. The summed E-state index contributed by atoms with van der Waals surface area (Å²) in [6.45, 7) is 0.114. The molecule has 4 nitrogen and oxygen atoms in total. The van der Waals surface area contributed by atoms with E-state index in [4.69, 9.17) is 10.4 Å². The fourth-order valence-corrected chi connectivity index (χ4v) is 0.280. The van der Waals surface area contributed by atoms with Crippen molar-refractivity contribution in [2.45, 2.75) is 6.10 Å². The maximum Gasteiger partial charge on any atom is 0.163 e. The number of hydrogen-bond donors (Lipinski definition) is 1. The number of aliphatic hydroxyl groups is 1. The van der Waals surface area contributed by atoms with Gasteiger partial charge in [0, 0.05) is 7.11 Å². The van der Waals surface area contributed by atoms with E-state index >= 15 is 0 Å². The van der Waals surface area contributed by atoms with E-state index in [0.29, 0.717) is 0 Å². The van der Waals surface area contributed by atoms with Crippen LogP contribution in [0.5, 0.6) is 0 Å². The standard InChI is InChI=1S/C5H9NO3/c1-8-4-9-3-5(7)2-6/h5,7H,3-4H2,1H3/t5-/m0/s1. The third-order valence-corrected chi connectivity index (χ3v) is 0.626. The molecule has 0 saturated heterocycles. The van der Waals surface area contributed by atoms with Gasteiger partial charge in [0.1, 0.15) is 6.79 Å². The van der Waals surface area contributed by atoms with Gasteiger partial charge in [-0.2, -0.15) is 5.26 Å². The summed E-state index contributed by atoms with van der Waals surface area (Å²) in [5, 5.41) is 16.6. The molecule has 0 aromatic heterocycles. The highest BCUT2D eigenvalue weighted by Crippen LogP contribution is 1.81. The Balaban J connectivity index is 2.99. The highest BCUT2D eigenvalue weighted by molar-refractivity contribution is 4.80. The molecule has 0 rings (SSSR count). The van der Waals surface area contributed by atoms with Crippen molar-refractivity contribution in [3.8, 4) is 6.07 Å². The molecule has 0 heterocycles. The van der Waals surface area contributed by atoms with Gasteiger partial charge in [0.15, 0.2) is 6.10 Å². The van der Waals surface area contributed by atoms with E-state index in [1.54, 1.807) is 6.07 Å². The minimum atomic E-state index is -1.04. The van der Waals surface area contributed by atoms with Gasteiger partial charge in [-0.25, -0.2) is 0 Å². The Hall–Kier alpha value is -0.630. The Morgan fingerprint density at radius 2 is 2.44 bits per heavy atom. The quantitative estimate of drug-likeness (QED) is 0.317. The van der Waals surface area contributed by atoms with Crippen LogP contribution in [0.3, 0.4) is 0 Å². The van der Waals surface area contributed by atoms with Gasteiger partial charge in [-0.1, -0.05) is 0 Å². The van der Waals surface area contributed by atoms with Gasteiger partial charge in [-0.3, -0.25) is 0 Å². The number of rotatable bonds is 4. The molecule has 52 valence electrons. The van der Waals surface area contributed by atoms with Crippen molar-refractivity contribution < 1.29 is 14.6 Å². The molecule has 0 aliphatic rings. The molecule has 1 atom stereocenters. The number of methoxy groups -OCH3 is 1. The average Bonchev–Trinajstić information content (AvgIpc) is 1.89. The lowest BCUT2D eigenvalue weighted by Gasteiger charge is -2.01. The van der Waals surface area contributed by atoms with E-state index in [-0.39, 0.29) is 13.4 Å². The van der Waals surface area contributed by atoms with Crippen LogP contribution in [0.2, 0.25) is 0 Å². The molecular formula is C5H9NO3. The smallest absolute Gasteiger partial charge is 0.163 e. The molecule has 0 spiro atoms. The first kappa shape index (κ1) is 8.37. The van der Waals surface area contributed by atoms with E-state index < -0.39 is 6.10 Å². The molecule has 0 aliphatic carbocycles. The van der Waals surface area contributed by atoms with Crippen LogP contribution < -0.4 is 0 Å². The molecular weight excluding hydrogens is 122 g/mol. The van der Waals surface area contributed by atoms with Gasteiger partial charge in [0.2, 0.25) is 0 Å². The minimum absolute atomic E-state index is 0.00431. The molecule has 4 heteroatoms. The first-order valence-electron chi connectivity index (χ1n) is 2.45. The predicted octanol–water partition coefficient (Wildman–Crippen LogP) is -0.509. The molecule has 0 unspecified atom stereocenters. The molecule has 0 aliphatic heterocycles. The third-order valence-electron chi connectivity index (χ3n) is 0.626. The fraction of sp³-hybridized carbons (Fsp3) is 0.800. The van der Waals surface area contributed by atoms with Gasteiger partial charge in [-0.15, -0.1) is 0 Å². The van der Waals surface area contributed by atoms with Crippen molar-refractivity contribution in [3.63, 3.8) is 0 Å². The lowest BCUT2D eigenvalue weighted by atomic mass is 10.4. The number of nitrogens with zero attached hydrogens (tertiary/aromatic N) is 1. The van der Waals surface area contributed by atoms with Gasteiger partial charge in [-0.05, 0) is 0 Å². The first-order chi connectivity index (χ1) is 4.31. The van der Waals surface area contributed by atoms with Crippen molar-refractivity contribution in [3.05, 3.63) is 0 Å². The molecule has 9 heavy (non-hydrogen) atoms. The number of aliphatic hydroxyl groups excluding tert-OH is 1. The second kappa shape index (κ2) is 5.51. The molecule has 0 aromatic rings. The zero-order chi connectivity index (χ0) is 7.11. The van der Waals surface area contributed by atoms with Crippen molar-refractivity contribution in [2.75, 3.05) is 20.5 Å². The van der Waals surface area contributed by atoms with Gasteiger partial charge >= 0.3 is 0 Å². The van der Waals surface area contributed by atoms with Crippen molar-refractivity contribution >= 4 is 0 Å². The average molecular weight is 131 g/mol. The highest BCUT2D eigenvalue weighted by atomic mass is 16.7. The van der Waals surface area contributed by atoms with Crippen LogP contribution in [0.4, 0.5) is 0 Å². The van der Waals surface area contributed by atoms with Crippen LogP contribution in [0, 0.1) is 11.3 Å². The monoisotopic (exact) mass is 131 g/mol. The van der Waals surface area contributed by atoms with Crippen LogP contribution in [0.25, 0.3) is 0 Å². The second-order valence-corrected chi connectivity index (χ2v) is 1.42. The van der Waals surface area contributed by atoms with Crippen LogP contribution in [-0.2, 0) is 9.47 Å². The maximum absolute atomic E-state index is 8.54. The third kappa shape index (κ3) is 5.24. The topological polar surface area (TPSA) is 62.5 Å². The number of hydrogen-bond acceptors (Lipinski definition) is 4. The Kier molecular flexibility index (Phi) is 5.12. The summed E-state index contributed by atoms with van der Waals surface area (Å²) in [5.41, 5.74) is 0. The molecule has 0 radical (unpaired) electrons. The van der Waals surface area contributed by atoms with E-state index in [0.717, 1.165) is 0 Å². The number of ether oxygens (including phenoxy) is 2. The predicted molar refractivity (Wildman–Crippen MR) is 29.4 cm³/mol. The zero-order valence-electron chi connectivity index (χ0n) is 5.20. The summed E-state index contributed by atoms with van der Waals surface area (Å²) in [6.07, 6.45) is -1.04. The molecule has 0 aromatic carbocycles. The summed E-state index contributed by atoms with van der Waals surface area (Å²) >= 11 is 0. The Bertz CT molecular complexity index is 98.9. The number of nitriles is 1.